The lowest BCUT2D eigenvalue weighted by atomic mass is 10.0. The van der Waals surface area contributed by atoms with Gasteiger partial charge in [0.05, 0.1) is 17.5 Å². The van der Waals surface area contributed by atoms with Crippen LogP contribution < -0.4 is 0 Å². The van der Waals surface area contributed by atoms with E-state index in [4.69, 9.17) is 4.74 Å². The molecule has 0 aliphatic carbocycles. The van der Waals surface area contributed by atoms with Gasteiger partial charge in [0, 0.05) is 18.4 Å². The summed E-state index contributed by atoms with van der Waals surface area (Å²) in [6.45, 7) is 4.24. The van der Waals surface area contributed by atoms with Gasteiger partial charge in [0.1, 0.15) is 0 Å². The minimum Gasteiger partial charge on any atom is -0.374 e. The molecule has 2 unspecified atom stereocenters. The zero-order chi connectivity index (χ0) is 11.6. The highest BCUT2D eigenvalue weighted by atomic mass is 79.9. The summed E-state index contributed by atoms with van der Waals surface area (Å²) in [6.07, 6.45) is 2.35. The van der Waals surface area contributed by atoms with Gasteiger partial charge in [-0.2, -0.15) is 0 Å². The number of amides is 1. The van der Waals surface area contributed by atoms with Crippen molar-refractivity contribution in [1.82, 2.24) is 4.90 Å². The average Bonchev–Trinajstić information content (AvgIpc) is 2.76. The van der Waals surface area contributed by atoms with E-state index in [0.29, 0.717) is 12.5 Å². The number of hydrogen-bond acceptors (Lipinski definition) is 3. The monoisotopic (exact) mass is 307 g/mol. The van der Waals surface area contributed by atoms with Crippen LogP contribution in [0, 0.1) is 0 Å². The number of carbonyl (C=O) groups excluding carboxylic acids is 1. The molecule has 0 N–H and O–H groups in total. The third kappa shape index (κ3) is 2.57. The van der Waals surface area contributed by atoms with Crippen LogP contribution in [0.5, 0.6) is 0 Å². The fraction of sp³-hybridized carbons (Fsp3) is 0.909. The molecule has 3 nitrogen and oxygen atoms in total. The van der Waals surface area contributed by atoms with E-state index < -0.39 is 0 Å². The Hall–Kier alpha value is 0.260. The smallest absolute Gasteiger partial charge is 0.238 e. The van der Waals surface area contributed by atoms with Gasteiger partial charge in [-0.3, -0.25) is 4.79 Å². The van der Waals surface area contributed by atoms with E-state index in [1.54, 1.807) is 0 Å². The van der Waals surface area contributed by atoms with E-state index in [1.807, 2.05) is 16.7 Å². The highest BCUT2D eigenvalue weighted by Gasteiger charge is 2.41. The number of nitrogens with zero attached hydrogens (tertiary/aromatic N) is 1. The van der Waals surface area contributed by atoms with Gasteiger partial charge in [-0.05, 0) is 25.5 Å². The zero-order valence-corrected chi connectivity index (χ0v) is 12.0. The molecule has 16 heavy (non-hydrogen) atoms. The molecule has 5 heteroatoms. The van der Waals surface area contributed by atoms with Gasteiger partial charge in [-0.1, -0.05) is 15.9 Å². The molecule has 2 aliphatic rings. The van der Waals surface area contributed by atoms with Crippen LogP contribution >= 0.6 is 27.7 Å². The minimum absolute atomic E-state index is 0.160. The summed E-state index contributed by atoms with van der Waals surface area (Å²) >= 11 is 5.23. The van der Waals surface area contributed by atoms with E-state index in [9.17, 15) is 4.79 Å². The minimum atomic E-state index is -0.172. The third-order valence-corrected chi connectivity index (χ3v) is 5.50. The highest BCUT2D eigenvalue weighted by molar-refractivity contribution is 9.09. The van der Waals surface area contributed by atoms with Crippen molar-refractivity contribution in [3.8, 4) is 0 Å². The molecule has 0 bridgehead atoms. The first kappa shape index (κ1) is 12.7. The second-order valence-electron chi connectivity index (χ2n) is 4.58. The summed E-state index contributed by atoms with van der Waals surface area (Å²) in [5, 5.41) is 0.806. The van der Waals surface area contributed by atoms with Crippen LogP contribution in [0.4, 0.5) is 0 Å². The van der Waals surface area contributed by atoms with Crippen LogP contribution in [0.2, 0.25) is 0 Å². The standard InChI is InChI=1S/C11H18BrNO2S/c1-11(3-2-6-16-11)10(14)13-4-5-15-9(7-12)8-13/h9H,2-8H2,1H3. The molecular formula is C11H18BrNO2S. The second kappa shape index (κ2) is 5.27. The largest absolute Gasteiger partial charge is 0.374 e. The van der Waals surface area contributed by atoms with Crippen molar-refractivity contribution in [3.05, 3.63) is 0 Å². The maximum atomic E-state index is 12.4. The first-order valence-electron chi connectivity index (χ1n) is 5.76. The fourth-order valence-electron chi connectivity index (χ4n) is 2.28. The molecule has 0 aromatic heterocycles. The Morgan fingerprint density at radius 3 is 3.12 bits per heavy atom. The van der Waals surface area contributed by atoms with E-state index >= 15 is 0 Å². The number of rotatable bonds is 2. The van der Waals surface area contributed by atoms with Gasteiger partial charge < -0.3 is 9.64 Å². The van der Waals surface area contributed by atoms with Gasteiger partial charge in [-0.15, -0.1) is 11.8 Å². The Kier molecular flexibility index (Phi) is 4.19. The Morgan fingerprint density at radius 1 is 1.69 bits per heavy atom. The third-order valence-electron chi connectivity index (χ3n) is 3.27. The van der Waals surface area contributed by atoms with Gasteiger partial charge in [-0.25, -0.2) is 0 Å². The average molecular weight is 308 g/mol. The van der Waals surface area contributed by atoms with Gasteiger partial charge in [0.25, 0.3) is 0 Å². The van der Waals surface area contributed by atoms with E-state index in [0.717, 1.165) is 30.6 Å². The summed E-state index contributed by atoms with van der Waals surface area (Å²) < 4.78 is 5.38. The molecule has 0 spiro atoms. The van der Waals surface area contributed by atoms with Crippen molar-refractivity contribution < 1.29 is 9.53 Å². The molecule has 2 aliphatic heterocycles. The first-order valence-corrected chi connectivity index (χ1v) is 7.87. The second-order valence-corrected chi connectivity index (χ2v) is 6.83. The lowest BCUT2D eigenvalue weighted by Gasteiger charge is -2.36. The number of thioether (sulfide) groups is 1. The number of morpholine rings is 1. The first-order chi connectivity index (χ1) is 7.65. The van der Waals surface area contributed by atoms with Crippen molar-refractivity contribution in [2.24, 2.45) is 0 Å². The molecule has 2 fully saturated rings. The Morgan fingerprint density at radius 2 is 2.50 bits per heavy atom. The summed E-state index contributed by atoms with van der Waals surface area (Å²) in [5.74, 6) is 1.43. The molecule has 0 saturated carbocycles. The van der Waals surface area contributed by atoms with Gasteiger partial charge in [0.15, 0.2) is 0 Å². The van der Waals surface area contributed by atoms with Crippen molar-refractivity contribution in [2.75, 3.05) is 30.8 Å². The number of alkyl halides is 1. The highest BCUT2D eigenvalue weighted by Crippen LogP contribution is 2.39. The molecule has 1 amide bonds. The Bertz CT molecular complexity index is 269. The quantitative estimate of drug-likeness (QED) is 0.730. The number of halogens is 1. The lowest BCUT2D eigenvalue weighted by molar-refractivity contribution is -0.140. The number of hydrogen-bond donors (Lipinski definition) is 0. The number of carbonyl (C=O) groups is 1. The van der Waals surface area contributed by atoms with Crippen LogP contribution in [-0.2, 0) is 9.53 Å². The van der Waals surface area contributed by atoms with E-state index in [1.165, 1.54) is 6.42 Å². The van der Waals surface area contributed by atoms with Crippen LogP contribution in [0.25, 0.3) is 0 Å². The van der Waals surface area contributed by atoms with Crippen LogP contribution in [-0.4, -0.2) is 52.4 Å². The van der Waals surface area contributed by atoms with E-state index in [2.05, 4.69) is 22.9 Å². The Balaban J connectivity index is 1.98. The van der Waals surface area contributed by atoms with Crippen LogP contribution in [0.1, 0.15) is 19.8 Å². The SMILES string of the molecule is CC1(C(=O)N2CCOC(CBr)C2)CCCS1. The molecule has 2 rings (SSSR count). The van der Waals surface area contributed by atoms with Crippen molar-refractivity contribution >= 4 is 33.6 Å². The summed E-state index contributed by atoms with van der Waals surface area (Å²) in [7, 11) is 0. The lowest BCUT2D eigenvalue weighted by Crippen LogP contribution is -2.52. The van der Waals surface area contributed by atoms with Crippen molar-refractivity contribution in [3.63, 3.8) is 0 Å². The predicted octanol–water partition coefficient (Wildman–Crippen LogP) is 1.89. The van der Waals surface area contributed by atoms with Crippen LogP contribution in [0.15, 0.2) is 0 Å². The predicted molar refractivity (Wildman–Crippen MR) is 70.2 cm³/mol. The molecular weight excluding hydrogens is 290 g/mol. The molecule has 2 atom stereocenters. The molecule has 92 valence electrons. The van der Waals surface area contributed by atoms with E-state index in [-0.39, 0.29) is 10.9 Å². The maximum Gasteiger partial charge on any atom is 0.238 e. The van der Waals surface area contributed by atoms with Crippen molar-refractivity contribution in [1.29, 1.82) is 0 Å². The molecule has 2 heterocycles. The summed E-state index contributed by atoms with van der Waals surface area (Å²) in [6, 6.07) is 0. The molecule has 0 radical (unpaired) electrons. The topological polar surface area (TPSA) is 29.5 Å². The van der Waals surface area contributed by atoms with Crippen molar-refractivity contribution in [2.45, 2.75) is 30.6 Å². The van der Waals surface area contributed by atoms with Gasteiger partial charge in [0.2, 0.25) is 5.91 Å². The zero-order valence-electron chi connectivity index (χ0n) is 9.58. The summed E-state index contributed by atoms with van der Waals surface area (Å²) in [4.78, 5) is 14.4. The number of ether oxygens (including phenoxy) is 1. The Labute approximate surface area is 109 Å². The normalized spacial score (nSPS) is 35.4. The summed E-state index contributed by atoms with van der Waals surface area (Å²) in [5.41, 5.74) is 0. The van der Waals surface area contributed by atoms with Gasteiger partial charge >= 0.3 is 0 Å². The van der Waals surface area contributed by atoms with Crippen LogP contribution in [0.3, 0.4) is 0 Å². The maximum absolute atomic E-state index is 12.4. The molecule has 0 aromatic rings. The molecule has 0 aromatic carbocycles. The fourth-order valence-corrected chi connectivity index (χ4v) is 3.95. The molecule has 2 saturated heterocycles.